The van der Waals surface area contributed by atoms with Crippen molar-refractivity contribution in [1.29, 1.82) is 0 Å². The minimum Gasteiger partial charge on any atom is -0.393 e. The Balaban J connectivity index is 4.64. The lowest BCUT2D eigenvalue weighted by Gasteiger charge is -2.32. The Kier molecular flexibility index (Phi) is 13.1. The van der Waals surface area contributed by atoms with Crippen LogP contribution in [0.2, 0.25) is 0 Å². The quantitative estimate of drug-likeness (QED) is 0.351. The van der Waals surface area contributed by atoms with Gasteiger partial charge in [0.15, 0.2) is 0 Å². The minimum atomic E-state index is 0.309. The summed E-state index contributed by atoms with van der Waals surface area (Å²) in [6.45, 7) is 10.9. The third kappa shape index (κ3) is 9.29. The molecule has 1 N–H and O–H groups in total. The fraction of sp³-hybridized carbons (Fsp3) is 0.789. The zero-order chi connectivity index (χ0) is 16.0. The molecule has 0 radical (unpaired) electrons. The van der Waals surface area contributed by atoms with E-state index in [2.05, 4.69) is 38.9 Å². The summed E-state index contributed by atoms with van der Waals surface area (Å²) in [5, 5.41) is 5.20. The van der Waals surface area contributed by atoms with E-state index in [0.717, 1.165) is 0 Å². The van der Waals surface area contributed by atoms with E-state index < -0.39 is 0 Å². The molecule has 0 saturated carbocycles. The van der Waals surface area contributed by atoms with Crippen molar-refractivity contribution in [3.63, 3.8) is 0 Å². The van der Waals surface area contributed by atoms with Gasteiger partial charge in [-0.1, -0.05) is 78.7 Å². The maximum absolute atomic E-state index is 3.91. The van der Waals surface area contributed by atoms with Crippen molar-refractivity contribution >= 4 is 11.8 Å². The van der Waals surface area contributed by atoms with E-state index in [1.165, 1.54) is 69.1 Å². The molecule has 0 aliphatic heterocycles. The monoisotopic (exact) mass is 311 g/mol. The van der Waals surface area contributed by atoms with Crippen LogP contribution in [-0.2, 0) is 0 Å². The molecule has 21 heavy (non-hydrogen) atoms. The summed E-state index contributed by atoms with van der Waals surface area (Å²) in [6, 6.07) is 0. The highest BCUT2D eigenvalue weighted by atomic mass is 32.2. The number of allylic oxidation sites excluding steroid dienone is 1. The number of hydrogen-bond acceptors (Lipinski definition) is 2. The van der Waals surface area contributed by atoms with Gasteiger partial charge < -0.3 is 5.32 Å². The van der Waals surface area contributed by atoms with Crippen LogP contribution in [0.3, 0.4) is 0 Å². The number of unbranched alkanes of at least 4 members (excludes halogenated alkanes) is 6. The van der Waals surface area contributed by atoms with E-state index in [1.54, 1.807) is 11.8 Å². The average Bonchev–Trinajstić information content (AvgIpc) is 2.47. The minimum absolute atomic E-state index is 0.309. The molecule has 1 atom stereocenters. The van der Waals surface area contributed by atoms with E-state index in [-0.39, 0.29) is 0 Å². The zero-order valence-corrected chi connectivity index (χ0v) is 15.7. The Bertz CT molecular complexity index is 285. The van der Waals surface area contributed by atoms with Gasteiger partial charge in [-0.05, 0) is 18.2 Å². The normalized spacial score (nSPS) is 14.8. The number of rotatable bonds is 14. The highest BCUT2D eigenvalue weighted by Crippen LogP contribution is 2.44. The largest absolute Gasteiger partial charge is 0.393 e. The van der Waals surface area contributed by atoms with Crippen LogP contribution in [0.4, 0.5) is 0 Å². The second-order valence-corrected chi connectivity index (χ2v) is 7.27. The Morgan fingerprint density at radius 1 is 1.00 bits per heavy atom. The lowest BCUT2D eigenvalue weighted by atomic mass is 9.79. The van der Waals surface area contributed by atoms with Crippen molar-refractivity contribution in [3.8, 4) is 0 Å². The molecule has 0 aliphatic rings. The van der Waals surface area contributed by atoms with Crippen LogP contribution < -0.4 is 5.32 Å². The summed E-state index contributed by atoms with van der Waals surface area (Å²) in [5.74, 6) is 0. The molecule has 0 aromatic heterocycles. The smallest absolute Gasteiger partial charge is 0.0107 e. The molecule has 0 aromatic rings. The van der Waals surface area contributed by atoms with Crippen LogP contribution in [0, 0.1) is 5.41 Å². The highest BCUT2D eigenvalue weighted by molar-refractivity contribution is 8.05. The lowest BCUT2D eigenvalue weighted by Crippen LogP contribution is -2.19. The molecule has 0 aromatic carbocycles. The van der Waals surface area contributed by atoms with Crippen molar-refractivity contribution in [3.05, 3.63) is 23.1 Å². The Morgan fingerprint density at radius 2 is 1.52 bits per heavy atom. The first kappa shape index (κ1) is 20.6. The summed E-state index contributed by atoms with van der Waals surface area (Å²) >= 11 is 1.80. The van der Waals surface area contributed by atoms with Gasteiger partial charge in [-0.2, -0.15) is 0 Å². The average molecular weight is 312 g/mol. The first-order chi connectivity index (χ1) is 10.1. The molecule has 0 rings (SSSR count). The first-order valence-electron chi connectivity index (χ1n) is 8.80. The van der Waals surface area contributed by atoms with Crippen molar-refractivity contribution in [2.45, 2.75) is 85.0 Å². The van der Waals surface area contributed by atoms with Gasteiger partial charge in [-0.25, -0.2) is 0 Å². The fourth-order valence-corrected chi connectivity index (χ4v) is 3.68. The molecule has 0 amide bonds. The van der Waals surface area contributed by atoms with E-state index in [4.69, 9.17) is 0 Å². The zero-order valence-electron chi connectivity index (χ0n) is 14.8. The molecular weight excluding hydrogens is 274 g/mol. The predicted molar refractivity (Wildman–Crippen MR) is 101 cm³/mol. The summed E-state index contributed by atoms with van der Waals surface area (Å²) < 4.78 is 0. The molecular formula is C19H37NS. The maximum atomic E-state index is 3.91. The van der Waals surface area contributed by atoms with E-state index in [0.29, 0.717) is 5.41 Å². The summed E-state index contributed by atoms with van der Waals surface area (Å²) in [5.41, 5.74) is 0.309. The molecule has 0 aliphatic carbocycles. The Labute approximate surface area is 138 Å². The van der Waals surface area contributed by atoms with Crippen LogP contribution in [0.25, 0.3) is 0 Å². The molecule has 0 heterocycles. The Morgan fingerprint density at radius 3 is 2.05 bits per heavy atom. The topological polar surface area (TPSA) is 12.0 Å². The fourth-order valence-electron chi connectivity index (χ4n) is 2.83. The standard InChI is InChI=1S/C19H37NS/c1-6-9-11-12-14-16-19(4,15-13-10-7-2)18(17-20-5)21-8-3/h8,17,20H,3,6-7,9-16H2,1-2,4-5H3/b18-17-. The first-order valence-corrected chi connectivity index (χ1v) is 9.68. The molecule has 1 unspecified atom stereocenters. The summed E-state index contributed by atoms with van der Waals surface area (Å²) in [4.78, 5) is 1.45. The van der Waals surface area contributed by atoms with Gasteiger partial charge in [0.05, 0.1) is 0 Å². The van der Waals surface area contributed by atoms with Gasteiger partial charge in [-0.15, -0.1) is 11.8 Å². The van der Waals surface area contributed by atoms with Crippen molar-refractivity contribution < 1.29 is 0 Å². The Hall–Kier alpha value is -0.370. The second kappa shape index (κ2) is 13.3. The van der Waals surface area contributed by atoms with Crippen LogP contribution >= 0.6 is 11.8 Å². The molecule has 0 spiro atoms. The number of thioether (sulfide) groups is 1. The van der Waals surface area contributed by atoms with Gasteiger partial charge in [-0.3, -0.25) is 0 Å². The van der Waals surface area contributed by atoms with Crippen molar-refractivity contribution in [2.75, 3.05) is 7.05 Å². The van der Waals surface area contributed by atoms with Gasteiger partial charge in [0, 0.05) is 23.6 Å². The van der Waals surface area contributed by atoms with Crippen molar-refractivity contribution in [2.24, 2.45) is 5.41 Å². The maximum Gasteiger partial charge on any atom is 0.0107 e. The van der Waals surface area contributed by atoms with E-state index in [1.807, 2.05) is 12.5 Å². The molecule has 2 heteroatoms. The van der Waals surface area contributed by atoms with Crippen molar-refractivity contribution in [1.82, 2.24) is 5.32 Å². The van der Waals surface area contributed by atoms with E-state index in [9.17, 15) is 0 Å². The SMILES string of the molecule is C=CS/C(=C\NC)C(C)(CCCCC)CCCCCCC. The molecule has 1 nitrogen and oxygen atoms in total. The van der Waals surface area contributed by atoms with Crippen LogP contribution in [-0.4, -0.2) is 7.05 Å². The van der Waals surface area contributed by atoms with Crippen LogP contribution in [0.1, 0.15) is 85.0 Å². The molecule has 0 bridgehead atoms. The summed E-state index contributed by atoms with van der Waals surface area (Å²) in [7, 11) is 2.00. The third-order valence-electron chi connectivity index (χ3n) is 4.24. The highest BCUT2D eigenvalue weighted by Gasteiger charge is 2.28. The third-order valence-corrected chi connectivity index (χ3v) is 5.28. The van der Waals surface area contributed by atoms with Gasteiger partial charge >= 0.3 is 0 Å². The number of hydrogen-bond donors (Lipinski definition) is 1. The molecule has 0 saturated heterocycles. The summed E-state index contributed by atoms with van der Waals surface area (Å²) in [6.07, 6.45) is 15.6. The lowest BCUT2D eigenvalue weighted by molar-refractivity contribution is 0.322. The van der Waals surface area contributed by atoms with Crippen LogP contribution in [0.5, 0.6) is 0 Å². The molecule has 124 valence electrons. The van der Waals surface area contributed by atoms with Gasteiger partial charge in [0.2, 0.25) is 0 Å². The predicted octanol–water partition coefficient (Wildman–Crippen LogP) is 6.87. The van der Waals surface area contributed by atoms with Gasteiger partial charge in [0.25, 0.3) is 0 Å². The van der Waals surface area contributed by atoms with E-state index >= 15 is 0 Å². The second-order valence-electron chi connectivity index (χ2n) is 6.26. The van der Waals surface area contributed by atoms with Crippen LogP contribution in [0.15, 0.2) is 23.1 Å². The molecule has 0 fully saturated rings. The van der Waals surface area contributed by atoms with Gasteiger partial charge in [0.1, 0.15) is 0 Å². The number of nitrogens with one attached hydrogen (secondary N) is 1.